The number of fused-ring (bicyclic) bond motifs is 1. The summed E-state index contributed by atoms with van der Waals surface area (Å²) in [5.74, 6) is 0. The van der Waals surface area contributed by atoms with E-state index in [2.05, 4.69) is 16.4 Å². The van der Waals surface area contributed by atoms with Gasteiger partial charge in [-0.25, -0.2) is 4.79 Å². The van der Waals surface area contributed by atoms with Crippen molar-refractivity contribution < 1.29 is 9.53 Å². The van der Waals surface area contributed by atoms with Crippen molar-refractivity contribution >= 4 is 22.6 Å². The smallest absolute Gasteiger partial charge is 0.322 e. The number of aromatic nitrogens is 1. The Hall–Kier alpha value is -3.12. The summed E-state index contributed by atoms with van der Waals surface area (Å²) in [5.41, 5.74) is 4.14. The Kier molecular flexibility index (Phi) is 5.86. The summed E-state index contributed by atoms with van der Waals surface area (Å²) in [6.45, 7) is 5.42. The van der Waals surface area contributed by atoms with Crippen LogP contribution < -0.4 is 10.9 Å². The van der Waals surface area contributed by atoms with Gasteiger partial charge in [-0.05, 0) is 62.1 Å². The number of carbonyl (C=O) groups is 1. The highest BCUT2D eigenvalue weighted by atomic mass is 16.5. The van der Waals surface area contributed by atoms with Gasteiger partial charge in [0.15, 0.2) is 0 Å². The van der Waals surface area contributed by atoms with Crippen LogP contribution in [0.4, 0.5) is 10.5 Å². The highest BCUT2D eigenvalue weighted by Crippen LogP contribution is 2.20. The topological polar surface area (TPSA) is 74.4 Å². The number of H-pyrrole nitrogens is 1. The number of benzene rings is 2. The Balaban J connectivity index is 1.62. The van der Waals surface area contributed by atoms with Crippen LogP contribution in [0.25, 0.3) is 10.9 Å². The van der Waals surface area contributed by atoms with Gasteiger partial charge in [0.05, 0.1) is 12.6 Å². The average Bonchev–Trinajstić information content (AvgIpc) is 3.22. The summed E-state index contributed by atoms with van der Waals surface area (Å²) in [5, 5.41) is 3.93. The zero-order valence-electron chi connectivity index (χ0n) is 17.4. The fourth-order valence-corrected chi connectivity index (χ4v) is 4.02. The number of urea groups is 1. The monoisotopic (exact) mass is 405 g/mol. The maximum absolute atomic E-state index is 13.0. The molecular weight excluding hydrogens is 378 g/mol. The minimum atomic E-state index is -0.239. The highest BCUT2D eigenvalue weighted by Gasteiger charge is 2.24. The third-order valence-electron chi connectivity index (χ3n) is 5.51. The molecule has 0 bridgehead atoms. The van der Waals surface area contributed by atoms with Gasteiger partial charge in [0.1, 0.15) is 0 Å². The number of amides is 2. The van der Waals surface area contributed by atoms with Crippen molar-refractivity contribution in [1.82, 2.24) is 9.88 Å². The lowest BCUT2D eigenvalue weighted by Gasteiger charge is -2.26. The largest absolute Gasteiger partial charge is 0.376 e. The second-order valence-electron chi connectivity index (χ2n) is 7.98. The number of anilines is 1. The minimum Gasteiger partial charge on any atom is -0.376 e. The summed E-state index contributed by atoms with van der Waals surface area (Å²) in [7, 11) is 0. The normalized spacial score (nSPS) is 16.0. The quantitative estimate of drug-likeness (QED) is 0.662. The van der Waals surface area contributed by atoms with Gasteiger partial charge < -0.3 is 19.9 Å². The van der Waals surface area contributed by atoms with Crippen molar-refractivity contribution in [3.05, 3.63) is 75.6 Å². The predicted octanol–water partition coefficient (Wildman–Crippen LogP) is 4.36. The van der Waals surface area contributed by atoms with Crippen LogP contribution in [0, 0.1) is 13.8 Å². The number of hydrogen-bond donors (Lipinski definition) is 2. The molecule has 0 unspecified atom stereocenters. The van der Waals surface area contributed by atoms with Crippen LogP contribution in [0.1, 0.15) is 29.5 Å². The molecular formula is C24H27N3O3. The Labute approximate surface area is 175 Å². The number of para-hydroxylation sites is 1. The van der Waals surface area contributed by atoms with Crippen LogP contribution in [0.15, 0.2) is 53.3 Å². The molecule has 1 aromatic heterocycles. The maximum Gasteiger partial charge on any atom is 0.322 e. The van der Waals surface area contributed by atoms with Crippen molar-refractivity contribution in [3.8, 4) is 0 Å². The number of nitrogens with zero attached hydrogens (tertiary/aromatic N) is 1. The first kappa shape index (κ1) is 20.2. The number of ether oxygens (including phenoxy) is 1. The SMILES string of the molecule is Cc1cc(C)c2cc(CN(C[C@@H]3CCCO3)C(=O)Nc3ccccc3)c(=O)[nH]c2c1. The molecule has 1 atom stereocenters. The van der Waals surface area contributed by atoms with Gasteiger partial charge in [-0.2, -0.15) is 0 Å². The Morgan fingerprint density at radius 1 is 1.20 bits per heavy atom. The number of hydrogen-bond acceptors (Lipinski definition) is 3. The summed E-state index contributed by atoms with van der Waals surface area (Å²) in [6.07, 6.45) is 1.91. The molecule has 0 radical (unpaired) electrons. The molecule has 1 fully saturated rings. The van der Waals surface area contributed by atoms with Gasteiger partial charge in [0, 0.05) is 35.3 Å². The number of rotatable bonds is 5. The number of nitrogens with one attached hydrogen (secondary N) is 2. The average molecular weight is 405 g/mol. The zero-order chi connectivity index (χ0) is 21.1. The first-order chi connectivity index (χ1) is 14.5. The highest BCUT2D eigenvalue weighted by molar-refractivity contribution is 5.89. The van der Waals surface area contributed by atoms with Crippen LogP contribution in [-0.2, 0) is 11.3 Å². The lowest BCUT2D eigenvalue weighted by Crippen LogP contribution is -2.40. The molecule has 2 heterocycles. The lowest BCUT2D eigenvalue weighted by atomic mass is 10.0. The fraction of sp³-hybridized carbons (Fsp3) is 0.333. The van der Waals surface area contributed by atoms with E-state index in [1.165, 1.54) is 0 Å². The van der Waals surface area contributed by atoms with E-state index in [0.717, 1.165) is 40.6 Å². The number of carbonyl (C=O) groups excluding carboxylic acids is 1. The molecule has 2 N–H and O–H groups in total. The van der Waals surface area contributed by atoms with Crippen molar-refractivity contribution in [2.24, 2.45) is 0 Å². The molecule has 30 heavy (non-hydrogen) atoms. The molecule has 6 nitrogen and oxygen atoms in total. The molecule has 0 spiro atoms. The van der Waals surface area contributed by atoms with Crippen LogP contribution in [0.5, 0.6) is 0 Å². The molecule has 0 aliphatic carbocycles. The van der Waals surface area contributed by atoms with Gasteiger partial charge in [-0.15, -0.1) is 0 Å². The molecule has 2 aromatic carbocycles. The van der Waals surface area contributed by atoms with Crippen LogP contribution in [0.3, 0.4) is 0 Å². The number of pyridine rings is 1. The zero-order valence-corrected chi connectivity index (χ0v) is 17.4. The molecule has 3 aromatic rings. The number of aromatic amines is 1. The van der Waals surface area contributed by atoms with E-state index >= 15 is 0 Å². The fourth-order valence-electron chi connectivity index (χ4n) is 4.02. The lowest BCUT2D eigenvalue weighted by molar-refractivity contribution is 0.0818. The van der Waals surface area contributed by atoms with Crippen molar-refractivity contribution in [2.75, 3.05) is 18.5 Å². The van der Waals surface area contributed by atoms with Crippen molar-refractivity contribution in [1.29, 1.82) is 0 Å². The van der Waals surface area contributed by atoms with Gasteiger partial charge in [-0.3, -0.25) is 4.79 Å². The van der Waals surface area contributed by atoms with Crippen LogP contribution >= 0.6 is 0 Å². The van der Waals surface area contributed by atoms with E-state index in [1.807, 2.05) is 56.3 Å². The standard InChI is InChI=1S/C24H27N3O3/c1-16-11-17(2)21-13-18(23(28)26-22(21)12-16)14-27(15-20-9-6-10-30-20)24(29)25-19-7-4-3-5-8-19/h3-5,7-8,11-13,20H,6,9-10,14-15H2,1-2H3,(H,25,29)(H,26,28)/t20-/m0/s1. The minimum absolute atomic E-state index is 0.00422. The molecule has 156 valence electrons. The van der Waals surface area contributed by atoms with Gasteiger partial charge in [0.25, 0.3) is 5.56 Å². The molecule has 1 aliphatic heterocycles. The van der Waals surface area contributed by atoms with Crippen LogP contribution in [0.2, 0.25) is 0 Å². The maximum atomic E-state index is 13.0. The molecule has 1 saturated heterocycles. The first-order valence-electron chi connectivity index (χ1n) is 10.4. The summed E-state index contributed by atoms with van der Waals surface area (Å²) in [6, 6.07) is 15.1. The Morgan fingerprint density at radius 2 is 2.00 bits per heavy atom. The molecule has 0 saturated carbocycles. The van der Waals surface area contributed by atoms with Crippen molar-refractivity contribution in [3.63, 3.8) is 0 Å². The second kappa shape index (κ2) is 8.71. The first-order valence-corrected chi connectivity index (χ1v) is 10.4. The van der Waals surface area contributed by atoms with E-state index in [1.54, 1.807) is 4.90 Å². The molecule has 6 heteroatoms. The second-order valence-corrected chi connectivity index (χ2v) is 7.98. The Bertz CT molecular complexity index is 1100. The summed E-state index contributed by atoms with van der Waals surface area (Å²) in [4.78, 5) is 30.5. The summed E-state index contributed by atoms with van der Waals surface area (Å²) >= 11 is 0. The van der Waals surface area contributed by atoms with Crippen LogP contribution in [-0.4, -0.2) is 35.2 Å². The molecule has 4 rings (SSSR count). The van der Waals surface area contributed by atoms with E-state index in [-0.39, 0.29) is 24.2 Å². The Morgan fingerprint density at radius 3 is 2.73 bits per heavy atom. The third-order valence-corrected chi connectivity index (χ3v) is 5.51. The van der Waals surface area contributed by atoms with E-state index in [9.17, 15) is 9.59 Å². The third kappa shape index (κ3) is 4.54. The predicted molar refractivity (Wildman–Crippen MR) is 119 cm³/mol. The van der Waals surface area contributed by atoms with Gasteiger partial charge >= 0.3 is 6.03 Å². The van der Waals surface area contributed by atoms with E-state index in [4.69, 9.17) is 4.74 Å². The number of aryl methyl sites for hydroxylation is 2. The summed E-state index contributed by atoms with van der Waals surface area (Å²) < 4.78 is 5.75. The van der Waals surface area contributed by atoms with E-state index < -0.39 is 0 Å². The van der Waals surface area contributed by atoms with Gasteiger partial charge in [0.2, 0.25) is 0 Å². The molecule has 2 amide bonds. The van der Waals surface area contributed by atoms with Gasteiger partial charge in [-0.1, -0.05) is 24.3 Å². The molecule has 1 aliphatic rings. The van der Waals surface area contributed by atoms with E-state index in [0.29, 0.717) is 18.7 Å². The van der Waals surface area contributed by atoms with Crippen molar-refractivity contribution in [2.45, 2.75) is 39.3 Å².